The molecule has 0 saturated carbocycles. The molecule has 3 nitrogen and oxygen atoms in total. The van der Waals surface area contributed by atoms with Crippen LogP contribution in [-0.4, -0.2) is 45.3 Å². The first-order chi connectivity index (χ1) is 8.99. The Labute approximate surface area is 118 Å². The Hall–Kier alpha value is -0.900. The molecule has 0 bridgehead atoms. The molecule has 0 spiro atoms. The van der Waals surface area contributed by atoms with Gasteiger partial charge in [-0.05, 0) is 46.0 Å². The minimum atomic E-state index is 0.352. The van der Waals surface area contributed by atoms with Crippen LogP contribution in [0.25, 0.3) is 0 Å². The normalized spacial score (nSPS) is 14.7. The summed E-state index contributed by atoms with van der Waals surface area (Å²) in [7, 11) is 5.93. The monoisotopic (exact) mass is 264 g/mol. The number of aryl methyl sites for hydroxylation is 2. The molecule has 0 fully saturated rings. The van der Waals surface area contributed by atoms with Gasteiger partial charge in [0.1, 0.15) is 0 Å². The van der Waals surface area contributed by atoms with Crippen LogP contribution in [0.4, 0.5) is 0 Å². The first-order valence-electron chi connectivity index (χ1n) is 6.93. The molecule has 0 aliphatic rings. The van der Waals surface area contributed by atoms with Crippen LogP contribution in [0.2, 0.25) is 0 Å². The highest BCUT2D eigenvalue weighted by atomic mass is 16.5. The molecule has 19 heavy (non-hydrogen) atoms. The van der Waals surface area contributed by atoms with Crippen molar-refractivity contribution in [2.75, 3.05) is 34.4 Å². The number of hydrogen-bond acceptors (Lipinski definition) is 3. The van der Waals surface area contributed by atoms with E-state index in [1.807, 2.05) is 7.05 Å². The molecule has 1 aromatic carbocycles. The van der Waals surface area contributed by atoms with Crippen LogP contribution in [-0.2, 0) is 4.74 Å². The summed E-state index contributed by atoms with van der Waals surface area (Å²) < 4.78 is 5.22. The van der Waals surface area contributed by atoms with E-state index < -0.39 is 0 Å². The van der Waals surface area contributed by atoms with Crippen molar-refractivity contribution in [1.82, 2.24) is 10.2 Å². The van der Waals surface area contributed by atoms with Gasteiger partial charge in [0.15, 0.2) is 0 Å². The maximum atomic E-state index is 5.22. The molecule has 1 N–H and O–H groups in total. The van der Waals surface area contributed by atoms with Crippen LogP contribution in [0.1, 0.15) is 29.7 Å². The summed E-state index contributed by atoms with van der Waals surface area (Å²) in [5, 5.41) is 3.42. The molecule has 0 radical (unpaired) electrons. The molecule has 1 aromatic rings. The highest BCUT2D eigenvalue weighted by Gasteiger charge is 2.17. The summed E-state index contributed by atoms with van der Waals surface area (Å²) in [6.45, 7) is 8.26. The van der Waals surface area contributed by atoms with E-state index in [-0.39, 0.29) is 0 Å². The number of methoxy groups -OCH3 is 1. The molecule has 0 amide bonds. The van der Waals surface area contributed by atoms with Gasteiger partial charge in [0.05, 0.1) is 6.61 Å². The maximum absolute atomic E-state index is 5.22. The van der Waals surface area contributed by atoms with Crippen LogP contribution >= 0.6 is 0 Å². The Morgan fingerprint density at radius 3 is 2.53 bits per heavy atom. The van der Waals surface area contributed by atoms with Crippen LogP contribution < -0.4 is 5.32 Å². The van der Waals surface area contributed by atoms with Crippen molar-refractivity contribution in [3.63, 3.8) is 0 Å². The zero-order valence-corrected chi connectivity index (χ0v) is 13.2. The molecule has 2 atom stereocenters. The fourth-order valence-electron chi connectivity index (χ4n) is 2.40. The highest BCUT2D eigenvalue weighted by molar-refractivity contribution is 5.33. The molecule has 0 saturated heterocycles. The van der Waals surface area contributed by atoms with E-state index in [0.717, 1.165) is 13.2 Å². The third-order valence-corrected chi connectivity index (χ3v) is 3.78. The van der Waals surface area contributed by atoms with Gasteiger partial charge in [-0.25, -0.2) is 0 Å². The summed E-state index contributed by atoms with van der Waals surface area (Å²) >= 11 is 0. The van der Waals surface area contributed by atoms with Gasteiger partial charge in [-0.1, -0.05) is 23.8 Å². The van der Waals surface area contributed by atoms with E-state index in [9.17, 15) is 0 Å². The van der Waals surface area contributed by atoms with Crippen molar-refractivity contribution in [2.45, 2.75) is 32.9 Å². The van der Waals surface area contributed by atoms with Gasteiger partial charge in [0, 0.05) is 25.7 Å². The molecule has 1 rings (SSSR count). The molecule has 108 valence electrons. The largest absolute Gasteiger partial charge is 0.383 e. The Balaban J connectivity index is 2.77. The minimum absolute atomic E-state index is 0.352. The van der Waals surface area contributed by atoms with E-state index in [0.29, 0.717) is 12.1 Å². The number of nitrogens with zero attached hydrogens (tertiary/aromatic N) is 1. The molecule has 0 aliphatic carbocycles. The van der Waals surface area contributed by atoms with Gasteiger partial charge < -0.3 is 10.1 Å². The average Bonchev–Trinajstić information content (AvgIpc) is 2.36. The molecule has 2 unspecified atom stereocenters. The molecule has 3 heteroatoms. The van der Waals surface area contributed by atoms with Crippen LogP contribution in [0, 0.1) is 13.8 Å². The predicted octanol–water partition coefficient (Wildman–Crippen LogP) is 2.53. The second-order valence-corrected chi connectivity index (χ2v) is 5.45. The zero-order valence-electron chi connectivity index (χ0n) is 13.2. The second kappa shape index (κ2) is 7.63. The van der Waals surface area contributed by atoms with E-state index in [2.05, 4.69) is 56.2 Å². The van der Waals surface area contributed by atoms with Crippen molar-refractivity contribution in [1.29, 1.82) is 0 Å². The smallest absolute Gasteiger partial charge is 0.0615 e. The maximum Gasteiger partial charge on any atom is 0.0615 e. The van der Waals surface area contributed by atoms with E-state index in [1.165, 1.54) is 16.7 Å². The van der Waals surface area contributed by atoms with Gasteiger partial charge in [0.25, 0.3) is 0 Å². The summed E-state index contributed by atoms with van der Waals surface area (Å²) in [6.07, 6.45) is 0. The van der Waals surface area contributed by atoms with Crippen LogP contribution in [0.3, 0.4) is 0 Å². The Bertz CT molecular complexity index is 392. The van der Waals surface area contributed by atoms with E-state index in [4.69, 9.17) is 4.74 Å². The van der Waals surface area contributed by atoms with Gasteiger partial charge in [-0.2, -0.15) is 0 Å². The topological polar surface area (TPSA) is 24.5 Å². The van der Waals surface area contributed by atoms with Gasteiger partial charge in [0.2, 0.25) is 0 Å². The van der Waals surface area contributed by atoms with Crippen molar-refractivity contribution in [2.24, 2.45) is 0 Å². The lowest BCUT2D eigenvalue weighted by atomic mass is 9.98. The number of benzene rings is 1. The molecule has 0 aliphatic heterocycles. The fraction of sp³-hybridized carbons (Fsp3) is 0.625. The Morgan fingerprint density at radius 1 is 1.32 bits per heavy atom. The standard InChI is InChI=1S/C16H28N2O/c1-12-7-8-15(13(2)9-12)16(17-4)10-18(5)14(3)11-19-6/h7-9,14,16-17H,10-11H2,1-6H3. The Kier molecular flexibility index (Phi) is 6.49. The lowest BCUT2D eigenvalue weighted by Crippen LogP contribution is -2.39. The third-order valence-electron chi connectivity index (χ3n) is 3.78. The number of hydrogen-bond donors (Lipinski definition) is 1. The summed E-state index contributed by atoms with van der Waals surface area (Å²) in [5.41, 5.74) is 4.05. The van der Waals surface area contributed by atoms with Gasteiger partial charge in [-0.15, -0.1) is 0 Å². The number of ether oxygens (including phenoxy) is 1. The van der Waals surface area contributed by atoms with Crippen molar-refractivity contribution >= 4 is 0 Å². The summed E-state index contributed by atoms with van der Waals surface area (Å²) in [6, 6.07) is 7.45. The van der Waals surface area contributed by atoms with Crippen LogP contribution in [0.5, 0.6) is 0 Å². The molecule has 0 aromatic heterocycles. The van der Waals surface area contributed by atoms with Gasteiger partial charge in [-0.3, -0.25) is 4.90 Å². The Morgan fingerprint density at radius 2 is 2.00 bits per heavy atom. The molecular formula is C16H28N2O. The lowest BCUT2D eigenvalue weighted by molar-refractivity contribution is 0.110. The highest BCUT2D eigenvalue weighted by Crippen LogP contribution is 2.20. The van der Waals surface area contributed by atoms with E-state index in [1.54, 1.807) is 7.11 Å². The minimum Gasteiger partial charge on any atom is -0.383 e. The fourth-order valence-corrected chi connectivity index (χ4v) is 2.40. The third kappa shape index (κ3) is 4.60. The number of likely N-dealkylation sites (N-methyl/N-ethyl adjacent to an activating group) is 2. The quantitative estimate of drug-likeness (QED) is 0.819. The van der Waals surface area contributed by atoms with Crippen molar-refractivity contribution in [3.8, 4) is 0 Å². The zero-order chi connectivity index (χ0) is 14.4. The van der Waals surface area contributed by atoms with Crippen molar-refractivity contribution in [3.05, 3.63) is 34.9 Å². The van der Waals surface area contributed by atoms with Gasteiger partial charge >= 0.3 is 0 Å². The summed E-state index contributed by atoms with van der Waals surface area (Å²) in [4.78, 5) is 2.34. The number of nitrogens with one attached hydrogen (secondary N) is 1. The second-order valence-electron chi connectivity index (χ2n) is 5.45. The average molecular weight is 264 g/mol. The lowest BCUT2D eigenvalue weighted by Gasteiger charge is -2.29. The predicted molar refractivity (Wildman–Crippen MR) is 81.7 cm³/mol. The first kappa shape index (κ1) is 16.2. The van der Waals surface area contributed by atoms with E-state index >= 15 is 0 Å². The first-order valence-corrected chi connectivity index (χ1v) is 6.93. The molecular weight excluding hydrogens is 236 g/mol. The van der Waals surface area contributed by atoms with Crippen molar-refractivity contribution < 1.29 is 4.74 Å². The van der Waals surface area contributed by atoms with Crippen LogP contribution in [0.15, 0.2) is 18.2 Å². The summed E-state index contributed by atoms with van der Waals surface area (Å²) in [5.74, 6) is 0. The number of rotatable bonds is 7. The molecule has 0 heterocycles. The SMILES string of the molecule is CNC(CN(C)C(C)COC)c1ccc(C)cc1C.